The van der Waals surface area contributed by atoms with Gasteiger partial charge in [-0.25, -0.2) is 4.39 Å². The predicted octanol–water partition coefficient (Wildman–Crippen LogP) is 3.54. The monoisotopic (exact) mass is 473 g/mol. The second-order valence-electron chi connectivity index (χ2n) is 8.48. The van der Waals surface area contributed by atoms with Gasteiger partial charge < -0.3 is 22.1 Å². The van der Waals surface area contributed by atoms with E-state index in [2.05, 4.69) is 27.8 Å². The van der Waals surface area contributed by atoms with Gasteiger partial charge in [-0.2, -0.15) is 0 Å². The summed E-state index contributed by atoms with van der Waals surface area (Å²) in [5.41, 5.74) is 12.5. The van der Waals surface area contributed by atoms with E-state index in [1.165, 1.54) is 17.7 Å². The van der Waals surface area contributed by atoms with Crippen molar-refractivity contribution in [3.63, 3.8) is 0 Å². The van der Waals surface area contributed by atoms with E-state index < -0.39 is 17.6 Å². The molecule has 0 radical (unpaired) electrons. The first-order chi connectivity index (χ1) is 15.7. The molecule has 1 saturated carbocycles. The molecule has 7 nitrogen and oxygen atoms in total. The number of amides is 2. The van der Waals surface area contributed by atoms with Gasteiger partial charge in [-0.3, -0.25) is 14.6 Å². The normalized spacial score (nSPS) is 21.0. The summed E-state index contributed by atoms with van der Waals surface area (Å²) in [5, 5.41) is 5.21. The maximum Gasteiger partial charge on any atom is 0.313 e. The number of halogens is 2. The molecule has 2 aromatic rings. The summed E-state index contributed by atoms with van der Waals surface area (Å²) in [6.07, 6.45) is 3.10. The summed E-state index contributed by atoms with van der Waals surface area (Å²) < 4.78 is 13.6. The highest BCUT2D eigenvalue weighted by Crippen LogP contribution is 2.38. The zero-order chi connectivity index (χ0) is 24.0. The number of aliphatic imine (C=N–C) groups is 1. The van der Waals surface area contributed by atoms with E-state index in [4.69, 9.17) is 23.1 Å². The van der Waals surface area contributed by atoms with Gasteiger partial charge >= 0.3 is 11.8 Å². The van der Waals surface area contributed by atoms with Gasteiger partial charge in [-0.05, 0) is 68.2 Å². The summed E-state index contributed by atoms with van der Waals surface area (Å²) >= 11 is 5.66. The molecule has 1 aliphatic rings. The molecule has 33 heavy (non-hydrogen) atoms. The van der Waals surface area contributed by atoms with Crippen LogP contribution in [-0.2, 0) is 9.59 Å². The lowest BCUT2D eigenvalue weighted by molar-refractivity contribution is -0.137. The number of nitrogens with zero attached hydrogens (tertiary/aromatic N) is 1. The van der Waals surface area contributed by atoms with Crippen molar-refractivity contribution in [1.82, 2.24) is 5.32 Å². The van der Waals surface area contributed by atoms with Crippen LogP contribution in [0.1, 0.15) is 44.1 Å². The number of rotatable bonds is 6. The minimum atomic E-state index is -0.863. The number of nitrogens with two attached hydrogens (primary N) is 2. The number of nitrogens with one attached hydrogen (secondary N) is 2. The molecular formula is C24H29ClFN5O2. The first kappa shape index (κ1) is 24.5. The van der Waals surface area contributed by atoms with Gasteiger partial charge in [0.15, 0.2) is 5.96 Å². The lowest BCUT2D eigenvalue weighted by atomic mass is 9.73. The molecule has 2 amide bonds. The number of hydrogen-bond acceptors (Lipinski definition) is 3. The van der Waals surface area contributed by atoms with Crippen molar-refractivity contribution < 1.29 is 14.0 Å². The third-order valence-electron chi connectivity index (χ3n) is 5.97. The number of guanidine groups is 1. The summed E-state index contributed by atoms with van der Waals surface area (Å²) in [7, 11) is 0. The molecule has 9 heteroatoms. The Morgan fingerprint density at radius 1 is 1.15 bits per heavy atom. The summed E-state index contributed by atoms with van der Waals surface area (Å²) in [6.45, 7) is 1.92. The van der Waals surface area contributed by atoms with Gasteiger partial charge in [0.2, 0.25) is 0 Å². The van der Waals surface area contributed by atoms with Gasteiger partial charge in [0.05, 0.1) is 11.1 Å². The molecule has 4 unspecified atom stereocenters. The van der Waals surface area contributed by atoms with Crippen LogP contribution in [0.5, 0.6) is 0 Å². The number of anilines is 1. The average Bonchev–Trinajstić information content (AvgIpc) is 2.77. The van der Waals surface area contributed by atoms with Crippen molar-refractivity contribution >= 4 is 35.1 Å². The average molecular weight is 474 g/mol. The highest BCUT2D eigenvalue weighted by molar-refractivity contribution is 6.39. The Labute approximate surface area is 197 Å². The van der Waals surface area contributed by atoms with E-state index in [9.17, 15) is 14.0 Å². The maximum absolute atomic E-state index is 13.6. The molecule has 0 heterocycles. The lowest BCUT2D eigenvalue weighted by Crippen LogP contribution is -2.48. The Hall–Kier alpha value is -3.13. The van der Waals surface area contributed by atoms with Crippen LogP contribution in [-0.4, -0.2) is 29.9 Å². The van der Waals surface area contributed by atoms with Crippen LogP contribution in [0.3, 0.4) is 0 Å². The third-order valence-corrected chi connectivity index (χ3v) is 6.27. The van der Waals surface area contributed by atoms with Crippen molar-refractivity contribution in [2.24, 2.45) is 22.4 Å². The topological polar surface area (TPSA) is 123 Å². The first-order valence-corrected chi connectivity index (χ1v) is 11.3. The highest BCUT2D eigenvalue weighted by atomic mass is 35.5. The molecule has 1 aliphatic carbocycles. The molecular weight excluding hydrogens is 445 g/mol. The molecule has 0 saturated heterocycles. The third kappa shape index (κ3) is 6.92. The molecule has 0 bridgehead atoms. The van der Waals surface area contributed by atoms with Gasteiger partial charge in [-0.1, -0.05) is 41.9 Å². The van der Waals surface area contributed by atoms with Crippen molar-refractivity contribution in [3.8, 4) is 0 Å². The fourth-order valence-corrected chi connectivity index (χ4v) is 4.60. The van der Waals surface area contributed by atoms with Crippen LogP contribution in [0.25, 0.3) is 0 Å². The quantitative estimate of drug-likeness (QED) is 0.291. The first-order valence-electron chi connectivity index (χ1n) is 10.9. The molecule has 2 aromatic carbocycles. The Morgan fingerprint density at radius 3 is 2.55 bits per heavy atom. The lowest BCUT2D eigenvalue weighted by Gasteiger charge is -2.37. The zero-order valence-corrected chi connectivity index (χ0v) is 19.2. The second-order valence-corrected chi connectivity index (χ2v) is 8.89. The van der Waals surface area contributed by atoms with Gasteiger partial charge in [0.1, 0.15) is 5.82 Å². The Morgan fingerprint density at radius 2 is 1.88 bits per heavy atom. The number of hydrogen-bond donors (Lipinski definition) is 4. The molecule has 3 rings (SSSR count). The van der Waals surface area contributed by atoms with Crippen molar-refractivity contribution in [2.45, 2.75) is 50.6 Å². The van der Waals surface area contributed by atoms with Gasteiger partial charge in [0, 0.05) is 11.7 Å². The number of benzene rings is 2. The molecule has 4 atom stereocenters. The fraction of sp³-hybridized carbons (Fsp3) is 0.375. The number of carbonyl (C=O) groups is 2. The van der Waals surface area contributed by atoms with Crippen LogP contribution in [0.2, 0.25) is 5.02 Å². The Kier molecular flexibility index (Phi) is 8.27. The standard InChI is InChI=1S/C24H29ClFN5O2/c1-14(29-24(27)28)11-17-12-16(15-5-3-2-4-6-15)7-10-21(17)31-23(33)22(32)30-18-8-9-19(25)20(26)13-18/h2-6,8-9,13-14,16-17,21H,7,10-12H2,1H3,(H,30,32)(H,31,33)(H4,27,28,29). The molecule has 0 aliphatic heterocycles. The number of carbonyl (C=O) groups excluding carboxylic acids is 2. The van der Waals surface area contributed by atoms with E-state index in [1.54, 1.807) is 0 Å². The van der Waals surface area contributed by atoms with Crippen LogP contribution < -0.4 is 22.1 Å². The zero-order valence-electron chi connectivity index (χ0n) is 18.4. The Balaban J connectivity index is 1.68. The van der Waals surface area contributed by atoms with Crippen molar-refractivity contribution in [3.05, 3.63) is 64.9 Å². The van der Waals surface area contributed by atoms with Gasteiger partial charge in [0.25, 0.3) is 0 Å². The SMILES string of the molecule is CC(CC1CC(c2ccccc2)CCC1NC(=O)C(=O)Nc1ccc(Cl)c(F)c1)N=C(N)N. The smallest absolute Gasteiger partial charge is 0.313 e. The van der Waals surface area contributed by atoms with Crippen LogP contribution >= 0.6 is 11.6 Å². The van der Waals surface area contributed by atoms with E-state index in [0.29, 0.717) is 18.8 Å². The van der Waals surface area contributed by atoms with Crippen molar-refractivity contribution in [2.75, 3.05) is 5.32 Å². The van der Waals surface area contributed by atoms with E-state index >= 15 is 0 Å². The van der Waals surface area contributed by atoms with Gasteiger partial charge in [-0.15, -0.1) is 0 Å². The predicted molar refractivity (Wildman–Crippen MR) is 128 cm³/mol. The van der Waals surface area contributed by atoms with E-state index in [1.807, 2.05) is 25.1 Å². The van der Waals surface area contributed by atoms with Crippen molar-refractivity contribution in [1.29, 1.82) is 0 Å². The van der Waals surface area contributed by atoms with Crippen LogP contribution in [0.4, 0.5) is 10.1 Å². The van der Waals surface area contributed by atoms with Crippen LogP contribution in [0.15, 0.2) is 53.5 Å². The van der Waals surface area contributed by atoms with E-state index in [0.717, 1.165) is 18.9 Å². The molecule has 0 spiro atoms. The molecule has 6 N–H and O–H groups in total. The van der Waals surface area contributed by atoms with E-state index in [-0.39, 0.29) is 34.7 Å². The molecule has 0 aromatic heterocycles. The minimum absolute atomic E-state index is 0.0214. The fourth-order valence-electron chi connectivity index (χ4n) is 4.48. The highest BCUT2D eigenvalue weighted by Gasteiger charge is 2.34. The van der Waals surface area contributed by atoms with Crippen LogP contribution in [0, 0.1) is 11.7 Å². The minimum Gasteiger partial charge on any atom is -0.370 e. The summed E-state index contributed by atoms with van der Waals surface area (Å²) in [6, 6.07) is 13.7. The summed E-state index contributed by atoms with van der Waals surface area (Å²) in [4.78, 5) is 29.2. The second kappa shape index (κ2) is 11.1. The Bertz CT molecular complexity index is 1010. The molecule has 176 valence electrons. The maximum atomic E-state index is 13.6. The summed E-state index contributed by atoms with van der Waals surface area (Å²) in [5.74, 6) is -1.87. The largest absolute Gasteiger partial charge is 0.370 e. The molecule has 1 fully saturated rings.